The van der Waals surface area contributed by atoms with Gasteiger partial charge in [-0.25, -0.2) is 4.98 Å². The maximum atomic E-state index is 12.5. The summed E-state index contributed by atoms with van der Waals surface area (Å²) in [5.41, 5.74) is 2.39. The third-order valence-corrected chi connectivity index (χ3v) is 4.64. The molecule has 5 nitrogen and oxygen atoms in total. The molecule has 1 aliphatic rings. The minimum absolute atomic E-state index is 0.0154. The number of aromatic nitrogens is 3. The van der Waals surface area contributed by atoms with E-state index in [1.54, 1.807) is 23.6 Å². The number of rotatable bonds is 1. The summed E-state index contributed by atoms with van der Waals surface area (Å²) in [5, 5.41) is 9.73. The van der Waals surface area contributed by atoms with Crippen molar-refractivity contribution < 1.29 is 4.79 Å². The van der Waals surface area contributed by atoms with Crippen molar-refractivity contribution in [1.82, 2.24) is 20.1 Å². The molecule has 0 spiro atoms. The molecule has 1 N–H and O–H groups in total. The highest BCUT2D eigenvalue weighted by Gasteiger charge is 2.23. The highest BCUT2D eigenvalue weighted by Crippen LogP contribution is 2.25. The number of carbonyl (C=O) groups excluding carboxylic acids is 1. The van der Waals surface area contributed by atoms with Gasteiger partial charge in [-0.2, -0.15) is 5.10 Å². The molecule has 0 radical (unpaired) electrons. The topological polar surface area (TPSA) is 61.9 Å². The van der Waals surface area contributed by atoms with Gasteiger partial charge in [-0.15, -0.1) is 11.3 Å². The Kier molecular flexibility index (Phi) is 2.56. The van der Waals surface area contributed by atoms with E-state index in [1.165, 1.54) is 10.4 Å². The van der Waals surface area contributed by atoms with Crippen LogP contribution in [0.1, 0.15) is 20.9 Å². The van der Waals surface area contributed by atoms with Crippen LogP contribution in [0.25, 0.3) is 11.0 Å². The monoisotopic (exact) mass is 284 g/mol. The smallest absolute Gasteiger partial charge is 0.272 e. The lowest BCUT2D eigenvalue weighted by Crippen LogP contribution is -2.35. The molecule has 4 rings (SSSR count). The lowest BCUT2D eigenvalue weighted by Gasteiger charge is -2.26. The molecule has 1 aliphatic heterocycles. The summed E-state index contributed by atoms with van der Waals surface area (Å²) >= 11 is 1.77. The Morgan fingerprint density at radius 3 is 3.25 bits per heavy atom. The molecule has 1 amide bonds. The first kappa shape index (κ1) is 11.6. The first-order valence-electron chi connectivity index (χ1n) is 6.46. The zero-order chi connectivity index (χ0) is 13.5. The van der Waals surface area contributed by atoms with Crippen LogP contribution in [0.2, 0.25) is 0 Å². The predicted molar refractivity (Wildman–Crippen MR) is 76.7 cm³/mol. The lowest BCUT2D eigenvalue weighted by atomic mass is 10.1. The van der Waals surface area contributed by atoms with Crippen LogP contribution in [-0.4, -0.2) is 32.5 Å². The molecule has 0 aliphatic carbocycles. The van der Waals surface area contributed by atoms with Gasteiger partial charge in [0.1, 0.15) is 5.69 Å². The van der Waals surface area contributed by atoms with Gasteiger partial charge >= 0.3 is 0 Å². The fourth-order valence-electron chi connectivity index (χ4n) is 2.53. The van der Waals surface area contributed by atoms with Crippen LogP contribution in [0.5, 0.6) is 0 Å². The van der Waals surface area contributed by atoms with Crippen molar-refractivity contribution in [2.75, 3.05) is 6.54 Å². The number of hydrogen-bond acceptors (Lipinski definition) is 4. The maximum Gasteiger partial charge on any atom is 0.272 e. The van der Waals surface area contributed by atoms with Crippen molar-refractivity contribution in [3.63, 3.8) is 0 Å². The van der Waals surface area contributed by atoms with E-state index in [4.69, 9.17) is 0 Å². The van der Waals surface area contributed by atoms with Crippen molar-refractivity contribution in [3.05, 3.63) is 45.9 Å². The van der Waals surface area contributed by atoms with Gasteiger partial charge in [-0.1, -0.05) is 0 Å². The van der Waals surface area contributed by atoms with E-state index in [-0.39, 0.29) is 5.91 Å². The van der Waals surface area contributed by atoms with Crippen LogP contribution < -0.4 is 0 Å². The summed E-state index contributed by atoms with van der Waals surface area (Å²) in [6.45, 7) is 1.44. The summed E-state index contributed by atoms with van der Waals surface area (Å²) < 4.78 is 0. The van der Waals surface area contributed by atoms with E-state index in [9.17, 15) is 4.79 Å². The summed E-state index contributed by atoms with van der Waals surface area (Å²) in [6, 6.07) is 5.74. The zero-order valence-corrected chi connectivity index (χ0v) is 11.5. The Labute approximate surface area is 119 Å². The van der Waals surface area contributed by atoms with Gasteiger partial charge in [-0.3, -0.25) is 9.89 Å². The number of nitrogens with zero attached hydrogens (tertiary/aromatic N) is 3. The molecule has 6 heteroatoms. The first-order valence-corrected chi connectivity index (χ1v) is 7.34. The van der Waals surface area contributed by atoms with Gasteiger partial charge in [0.25, 0.3) is 5.91 Å². The molecule has 3 aromatic heterocycles. The predicted octanol–water partition coefficient (Wildman–Crippen LogP) is 2.22. The second-order valence-electron chi connectivity index (χ2n) is 4.85. The van der Waals surface area contributed by atoms with Gasteiger partial charge in [0, 0.05) is 23.4 Å². The lowest BCUT2D eigenvalue weighted by molar-refractivity contribution is 0.0730. The molecule has 0 saturated carbocycles. The second kappa shape index (κ2) is 4.42. The molecule has 0 bridgehead atoms. The molecule has 100 valence electrons. The molecule has 0 atom stereocenters. The minimum Gasteiger partial charge on any atom is -0.333 e. The Morgan fingerprint density at radius 2 is 2.30 bits per heavy atom. The highest BCUT2D eigenvalue weighted by molar-refractivity contribution is 7.10. The first-order chi connectivity index (χ1) is 9.81. The number of thiophene rings is 1. The molecule has 0 saturated heterocycles. The average Bonchev–Trinajstić information content (AvgIpc) is 3.13. The van der Waals surface area contributed by atoms with E-state index < -0.39 is 0 Å². The molecule has 3 aromatic rings. The van der Waals surface area contributed by atoms with E-state index >= 15 is 0 Å². The van der Waals surface area contributed by atoms with Crippen LogP contribution in [0.15, 0.2) is 29.8 Å². The second-order valence-corrected chi connectivity index (χ2v) is 5.85. The molecule has 20 heavy (non-hydrogen) atoms. The third kappa shape index (κ3) is 1.80. The van der Waals surface area contributed by atoms with Gasteiger partial charge < -0.3 is 4.90 Å². The van der Waals surface area contributed by atoms with Gasteiger partial charge in [0.15, 0.2) is 5.65 Å². The number of pyridine rings is 1. The summed E-state index contributed by atoms with van der Waals surface area (Å²) in [6.07, 6.45) is 2.64. The average molecular weight is 284 g/mol. The molecule has 4 heterocycles. The quantitative estimate of drug-likeness (QED) is 0.745. The van der Waals surface area contributed by atoms with Crippen molar-refractivity contribution in [1.29, 1.82) is 0 Å². The van der Waals surface area contributed by atoms with Gasteiger partial charge in [0.05, 0.1) is 6.20 Å². The third-order valence-electron chi connectivity index (χ3n) is 3.61. The molecule has 0 aromatic carbocycles. The number of amides is 1. The van der Waals surface area contributed by atoms with Crippen LogP contribution in [0.3, 0.4) is 0 Å². The minimum atomic E-state index is -0.0154. The van der Waals surface area contributed by atoms with Crippen molar-refractivity contribution in [2.24, 2.45) is 0 Å². The van der Waals surface area contributed by atoms with E-state index in [1.807, 2.05) is 11.0 Å². The van der Waals surface area contributed by atoms with Crippen LogP contribution >= 0.6 is 11.3 Å². The normalized spacial score (nSPS) is 14.5. The van der Waals surface area contributed by atoms with E-state index in [0.29, 0.717) is 17.9 Å². The maximum absolute atomic E-state index is 12.5. The fraction of sp³-hybridized carbons (Fsp3) is 0.214. The number of fused-ring (bicyclic) bond motifs is 2. The Bertz CT molecular complexity index is 791. The number of H-pyrrole nitrogens is 1. The SMILES string of the molecule is O=C(c1ccc2cn[nH]c2n1)N1CCc2sccc2C1. The van der Waals surface area contributed by atoms with Crippen molar-refractivity contribution in [3.8, 4) is 0 Å². The van der Waals surface area contributed by atoms with Crippen LogP contribution in [0.4, 0.5) is 0 Å². The summed E-state index contributed by atoms with van der Waals surface area (Å²) in [5.74, 6) is -0.0154. The largest absolute Gasteiger partial charge is 0.333 e. The van der Waals surface area contributed by atoms with Crippen LogP contribution in [0, 0.1) is 0 Å². The highest BCUT2D eigenvalue weighted by atomic mass is 32.1. The Balaban J connectivity index is 1.64. The van der Waals surface area contributed by atoms with E-state index in [2.05, 4.69) is 26.6 Å². The van der Waals surface area contributed by atoms with Gasteiger partial charge in [0.2, 0.25) is 0 Å². The molecule has 0 unspecified atom stereocenters. The van der Waals surface area contributed by atoms with Crippen LogP contribution in [-0.2, 0) is 13.0 Å². The number of hydrogen-bond donors (Lipinski definition) is 1. The van der Waals surface area contributed by atoms with Gasteiger partial charge in [-0.05, 0) is 35.6 Å². The molecule has 0 fully saturated rings. The molecular formula is C14H12N4OS. The standard InChI is InChI=1S/C14H12N4OS/c19-14(11-2-1-9-7-15-17-13(9)16-11)18-5-3-12-10(8-18)4-6-20-12/h1-2,4,6-7H,3,5,8H2,(H,15,16,17). The number of carbonyl (C=O) groups is 1. The van der Waals surface area contributed by atoms with Crippen molar-refractivity contribution >= 4 is 28.3 Å². The Morgan fingerprint density at radius 1 is 1.35 bits per heavy atom. The summed E-state index contributed by atoms with van der Waals surface area (Å²) in [4.78, 5) is 20.1. The summed E-state index contributed by atoms with van der Waals surface area (Å²) in [7, 11) is 0. The van der Waals surface area contributed by atoms with E-state index in [0.717, 1.165) is 18.4 Å². The fourth-order valence-corrected chi connectivity index (χ4v) is 3.42. The van der Waals surface area contributed by atoms with Crippen molar-refractivity contribution in [2.45, 2.75) is 13.0 Å². The zero-order valence-electron chi connectivity index (χ0n) is 10.7. The number of nitrogens with one attached hydrogen (secondary N) is 1. The number of aromatic amines is 1. The Hall–Kier alpha value is -2.21. The molecular weight excluding hydrogens is 272 g/mol.